The molecule has 6 heteroatoms. The number of nitrogens with zero attached hydrogens (tertiary/aromatic N) is 1. The molecule has 0 unspecified atom stereocenters. The Hall–Kier alpha value is -2.82. The first-order valence-electron chi connectivity index (χ1n) is 7.83. The number of hydrogen-bond acceptors (Lipinski definition) is 3. The zero-order valence-corrected chi connectivity index (χ0v) is 14.9. The maximum absolute atomic E-state index is 12.6. The Morgan fingerprint density at radius 2 is 1.77 bits per heavy atom. The Morgan fingerprint density at radius 1 is 0.962 bits per heavy atom. The van der Waals surface area contributed by atoms with Gasteiger partial charge in [-0.05, 0) is 36.4 Å². The van der Waals surface area contributed by atoms with Gasteiger partial charge in [0.05, 0.1) is 21.2 Å². The van der Waals surface area contributed by atoms with Crippen LogP contribution in [-0.2, 0) is 0 Å². The molecule has 4 nitrogen and oxygen atoms in total. The van der Waals surface area contributed by atoms with Crippen LogP contribution in [-0.4, -0.2) is 10.9 Å². The van der Waals surface area contributed by atoms with Gasteiger partial charge < -0.3 is 9.73 Å². The van der Waals surface area contributed by atoms with Crippen LogP contribution in [0.5, 0.6) is 0 Å². The van der Waals surface area contributed by atoms with Gasteiger partial charge in [0.2, 0.25) is 0 Å². The number of hydrogen-bond donors (Lipinski definition) is 1. The minimum atomic E-state index is -0.368. The number of fused-ring (bicyclic) bond motifs is 1. The number of nitrogens with one attached hydrogen (secondary N) is 1. The maximum Gasteiger partial charge on any atom is 0.291 e. The molecular formula is C20H12Cl2N2O2. The Bertz CT molecular complexity index is 1120. The predicted octanol–water partition coefficient (Wildman–Crippen LogP) is 6.05. The standard InChI is InChI=1S/C20H12Cl2N2O2/c21-14-7-2-6-13(18(14)22)16-9-10-17(26-16)20(25)24-15-8-1-4-12-5-3-11-23-19(12)15/h1-11H,(H,24,25). The number of carbonyl (C=O) groups excluding carboxylic acids is 1. The number of para-hydroxylation sites is 1. The Balaban J connectivity index is 1.63. The molecule has 26 heavy (non-hydrogen) atoms. The van der Waals surface area contributed by atoms with E-state index in [4.69, 9.17) is 27.6 Å². The molecule has 128 valence electrons. The topological polar surface area (TPSA) is 55.1 Å². The Labute approximate surface area is 159 Å². The van der Waals surface area contributed by atoms with Crippen molar-refractivity contribution >= 4 is 45.7 Å². The average Bonchev–Trinajstić information content (AvgIpc) is 3.14. The van der Waals surface area contributed by atoms with Crippen molar-refractivity contribution in [1.82, 2.24) is 4.98 Å². The fraction of sp³-hybridized carbons (Fsp3) is 0. The predicted molar refractivity (Wildman–Crippen MR) is 104 cm³/mol. The number of aromatic nitrogens is 1. The smallest absolute Gasteiger partial charge is 0.291 e. The second-order valence-electron chi connectivity index (χ2n) is 5.60. The summed E-state index contributed by atoms with van der Waals surface area (Å²) in [4.78, 5) is 16.9. The first-order chi connectivity index (χ1) is 12.6. The number of amides is 1. The van der Waals surface area contributed by atoms with Crippen molar-refractivity contribution in [2.24, 2.45) is 0 Å². The van der Waals surface area contributed by atoms with Crippen LogP contribution < -0.4 is 5.32 Å². The molecule has 0 bridgehead atoms. The van der Waals surface area contributed by atoms with Crippen LogP contribution in [0.15, 0.2) is 71.3 Å². The average molecular weight is 383 g/mol. The second-order valence-corrected chi connectivity index (χ2v) is 6.39. The minimum absolute atomic E-state index is 0.170. The number of benzene rings is 2. The lowest BCUT2D eigenvalue weighted by atomic mass is 10.2. The lowest BCUT2D eigenvalue weighted by molar-refractivity contribution is 0.0997. The van der Waals surface area contributed by atoms with Gasteiger partial charge in [-0.25, -0.2) is 0 Å². The fourth-order valence-corrected chi connectivity index (χ4v) is 3.08. The van der Waals surface area contributed by atoms with Crippen LogP contribution in [0.2, 0.25) is 10.0 Å². The maximum atomic E-state index is 12.6. The zero-order valence-electron chi connectivity index (χ0n) is 13.4. The number of carbonyl (C=O) groups is 1. The molecule has 1 N–H and O–H groups in total. The Kier molecular flexibility index (Phi) is 4.37. The molecule has 0 aliphatic carbocycles. The molecule has 4 rings (SSSR count). The number of rotatable bonds is 3. The van der Waals surface area contributed by atoms with E-state index in [9.17, 15) is 4.79 Å². The summed E-state index contributed by atoms with van der Waals surface area (Å²) in [5.41, 5.74) is 1.96. The van der Waals surface area contributed by atoms with E-state index in [0.717, 1.165) is 5.39 Å². The van der Waals surface area contributed by atoms with Crippen LogP contribution >= 0.6 is 23.2 Å². The van der Waals surface area contributed by atoms with E-state index in [1.807, 2.05) is 24.3 Å². The van der Waals surface area contributed by atoms with Gasteiger partial charge in [0.25, 0.3) is 5.91 Å². The summed E-state index contributed by atoms with van der Waals surface area (Å²) in [5, 5.41) is 4.59. The first-order valence-corrected chi connectivity index (χ1v) is 8.58. The highest BCUT2D eigenvalue weighted by Gasteiger charge is 2.16. The van der Waals surface area contributed by atoms with Gasteiger partial charge in [-0.1, -0.05) is 47.5 Å². The molecule has 1 amide bonds. The molecule has 0 saturated carbocycles. The summed E-state index contributed by atoms with van der Waals surface area (Å²) in [6, 6.07) is 17.9. The molecule has 2 aromatic carbocycles. The fourth-order valence-electron chi connectivity index (χ4n) is 2.69. The van der Waals surface area contributed by atoms with Gasteiger partial charge in [0.1, 0.15) is 5.76 Å². The van der Waals surface area contributed by atoms with Crippen LogP contribution in [0.1, 0.15) is 10.6 Å². The molecule has 2 heterocycles. The summed E-state index contributed by atoms with van der Waals surface area (Å²) in [6.45, 7) is 0. The summed E-state index contributed by atoms with van der Waals surface area (Å²) in [6.07, 6.45) is 1.68. The van der Waals surface area contributed by atoms with Crippen molar-refractivity contribution in [3.05, 3.63) is 82.7 Å². The zero-order chi connectivity index (χ0) is 18.1. The van der Waals surface area contributed by atoms with Crippen molar-refractivity contribution < 1.29 is 9.21 Å². The molecule has 4 aromatic rings. The van der Waals surface area contributed by atoms with Crippen molar-refractivity contribution in [2.45, 2.75) is 0 Å². The molecule has 0 aliphatic heterocycles. The highest BCUT2D eigenvalue weighted by Crippen LogP contribution is 2.34. The normalized spacial score (nSPS) is 10.8. The lowest BCUT2D eigenvalue weighted by Crippen LogP contribution is -2.11. The van der Waals surface area contributed by atoms with Crippen LogP contribution in [0.3, 0.4) is 0 Å². The first kappa shape index (κ1) is 16.6. The summed E-state index contributed by atoms with van der Waals surface area (Å²) >= 11 is 12.2. The van der Waals surface area contributed by atoms with Gasteiger partial charge in [0, 0.05) is 17.1 Å². The summed E-state index contributed by atoms with van der Waals surface area (Å²) < 4.78 is 5.68. The van der Waals surface area contributed by atoms with Gasteiger partial charge in [0.15, 0.2) is 5.76 Å². The molecular weight excluding hydrogens is 371 g/mol. The van der Waals surface area contributed by atoms with Crippen molar-refractivity contribution in [3.8, 4) is 11.3 Å². The highest BCUT2D eigenvalue weighted by atomic mass is 35.5. The third-order valence-electron chi connectivity index (χ3n) is 3.93. The van der Waals surface area contributed by atoms with Crippen LogP contribution in [0, 0.1) is 0 Å². The highest BCUT2D eigenvalue weighted by molar-refractivity contribution is 6.43. The van der Waals surface area contributed by atoms with Crippen molar-refractivity contribution in [2.75, 3.05) is 5.32 Å². The number of furan rings is 1. The minimum Gasteiger partial charge on any atom is -0.451 e. The molecule has 0 fully saturated rings. The van der Waals surface area contributed by atoms with E-state index >= 15 is 0 Å². The number of anilines is 1. The van der Waals surface area contributed by atoms with Gasteiger partial charge >= 0.3 is 0 Å². The lowest BCUT2D eigenvalue weighted by Gasteiger charge is -2.06. The molecule has 0 atom stereocenters. The summed E-state index contributed by atoms with van der Waals surface area (Å²) in [5.74, 6) is 0.273. The molecule has 2 aromatic heterocycles. The van der Waals surface area contributed by atoms with E-state index < -0.39 is 0 Å². The van der Waals surface area contributed by atoms with E-state index in [1.165, 1.54) is 0 Å². The second kappa shape index (κ2) is 6.83. The quantitative estimate of drug-likeness (QED) is 0.468. The van der Waals surface area contributed by atoms with E-state index in [0.29, 0.717) is 32.6 Å². The van der Waals surface area contributed by atoms with Crippen molar-refractivity contribution in [1.29, 1.82) is 0 Å². The molecule has 0 aliphatic rings. The number of halogens is 2. The summed E-state index contributed by atoms with van der Waals surface area (Å²) in [7, 11) is 0. The third kappa shape index (κ3) is 3.05. The Morgan fingerprint density at radius 3 is 2.65 bits per heavy atom. The number of pyridine rings is 1. The third-order valence-corrected chi connectivity index (χ3v) is 4.75. The van der Waals surface area contributed by atoms with Gasteiger partial charge in [-0.3, -0.25) is 9.78 Å². The largest absolute Gasteiger partial charge is 0.451 e. The van der Waals surface area contributed by atoms with Gasteiger partial charge in [-0.2, -0.15) is 0 Å². The molecule has 0 saturated heterocycles. The SMILES string of the molecule is O=C(Nc1cccc2cccnc12)c1ccc(-c2cccc(Cl)c2Cl)o1. The van der Waals surface area contributed by atoms with Gasteiger partial charge in [-0.15, -0.1) is 0 Å². The van der Waals surface area contributed by atoms with E-state index in [-0.39, 0.29) is 11.7 Å². The monoisotopic (exact) mass is 382 g/mol. The van der Waals surface area contributed by atoms with Crippen LogP contribution in [0.4, 0.5) is 5.69 Å². The van der Waals surface area contributed by atoms with Crippen LogP contribution in [0.25, 0.3) is 22.2 Å². The van der Waals surface area contributed by atoms with E-state index in [2.05, 4.69) is 10.3 Å². The van der Waals surface area contributed by atoms with E-state index in [1.54, 1.807) is 42.6 Å². The van der Waals surface area contributed by atoms with Crippen molar-refractivity contribution in [3.63, 3.8) is 0 Å². The molecule has 0 spiro atoms. The molecule has 0 radical (unpaired) electrons.